The molecule has 2 rings (SSSR count). The van der Waals surface area contributed by atoms with E-state index < -0.39 is 0 Å². The van der Waals surface area contributed by atoms with Gasteiger partial charge in [0.15, 0.2) is 0 Å². The van der Waals surface area contributed by atoms with Crippen molar-refractivity contribution in [2.24, 2.45) is 5.92 Å². The molecule has 2 unspecified atom stereocenters. The van der Waals surface area contributed by atoms with Crippen molar-refractivity contribution in [2.45, 2.75) is 32.2 Å². The fourth-order valence-electron chi connectivity index (χ4n) is 2.43. The van der Waals surface area contributed by atoms with Crippen LogP contribution < -0.4 is 5.32 Å². The van der Waals surface area contributed by atoms with Crippen LogP contribution in [0.5, 0.6) is 0 Å². The Morgan fingerprint density at radius 1 is 1.50 bits per heavy atom. The van der Waals surface area contributed by atoms with Gasteiger partial charge in [0.1, 0.15) is 5.82 Å². The maximum atomic E-state index is 13.0. The number of hydrogen-bond acceptors (Lipinski definition) is 2. The first-order chi connectivity index (χ1) is 8.74. The summed E-state index contributed by atoms with van der Waals surface area (Å²) >= 11 is 0. The van der Waals surface area contributed by atoms with Crippen molar-refractivity contribution >= 4 is 0 Å². The van der Waals surface area contributed by atoms with Crippen LogP contribution in [0.15, 0.2) is 24.3 Å². The highest BCUT2D eigenvalue weighted by Gasteiger charge is 2.15. The number of halogens is 1. The van der Waals surface area contributed by atoms with Crippen molar-refractivity contribution in [3.05, 3.63) is 35.6 Å². The second-order valence-electron chi connectivity index (χ2n) is 5.21. The fourth-order valence-corrected chi connectivity index (χ4v) is 2.43. The number of ether oxygens (including phenoxy) is 1. The minimum absolute atomic E-state index is 0.150. The molecule has 2 atom stereocenters. The maximum absolute atomic E-state index is 13.0. The first-order valence-corrected chi connectivity index (χ1v) is 6.79. The van der Waals surface area contributed by atoms with E-state index in [9.17, 15) is 4.39 Å². The highest BCUT2D eigenvalue weighted by Crippen LogP contribution is 2.15. The van der Waals surface area contributed by atoms with E-state index >= 15 is 0 Å². The molecule has 1 aliphatic rings. The lowest BCUT2D eigenvalue weighted by atomic mass is 10.0. The van der Waals surface area contributed by atoms with Crippen molar-refractivity contribution in [1.82, 2.24) is 5.32 Å². The summed E-state index contributed by atoms with van der Waals surface area (Å²) in [6.07, 6.45) is 3.24. The third-order valence-electron chi connectivity index (χ3n) is 3.50. The van der Waals surface area contributed by atoms with Gasteiger partial charge in [-0.05, 0) is 56.3 Å². The van der Waals surface area contributed by atoms with Gasteiger partial charge in [0.05, 0.1) is 0 Å². The fraction of sp³-hybridized carbons (Fsp3) is 0.600. The molecule has 18 heavy (non-hydrogen) atoms. The van der Waals surface area contributed by atoms with Crippen LogP contribution in [0.3, 0.4) is 0 Å². The Morgan fingerprint density at radius 3 is 3.11 bits per heavy atom. The van der Waals surface area contributed by atoms with Gasteiger partial charge in [-0.3, -0.25) is 0 Å². The molecule has 3 heteroatoms. The van der Waals surface area contributed by atoms with Crippen LogP contribution >= 0.6 is 0 Å². The summed E-state index contributed by atoms with van der Waals surface area (Å²) < 4.78 is 18.4. The van der Waals surface area contributed by atoms with Crippen LogP contribution in [-0.2, 0) is 11.2 Å². The molecule has 0 amide bonds. The highest BCUT2D eigenvalue weighted by atomic mass is 19.1. The van der Waals surface area contributed by atoms with E-state index in [0.717, 1.165) is 37.7 Å². The molecule has 0 saturated carbocycles. The Morgan fingerprint density at radius 2 is 2.39 bits per heavy atom. The minimum atomic E-state index is -0.150. The summed E-state index contributed by atoms with van der Waals surface area (Å²) in [7, 11) is 0. The zero-order valence-corrected chi connectivity index (χ0v) is 11.0. The average molecular weight is 251 g/mol. The third kappa shape index (κ3) is 4.39. The molecule has 0 aliphatic carbocycles. The molecule has 1 aromatic rings. The molecule has 0 radical (unpaired) electrons. The van der Waals surface area contributed by atoms with Crippen molar-refractivity contribution in [2.75, 3.05) is 19.8 Å². The molecule has 1 N–H and O–H groups in total. The van der Waals surface area contributed by atoms with E-state index in [1.165, 1.54) is 18.9 Å². The van der Waals surface area contributed by atoms with Gasteiger partial charge in [0.25, 0.3) is 0 Å². The van der Waals surface area contributed by atoms with E-state index in [0.29, 0.717) is 6.04 Å². The Hall–Kier alpha value is -0.930. The molecule has 1 saturated heterocycles. The average Bonchev–Trinajstić information content (AvgIpc) is 2.82. The SMILES string of the molecule is CC(Cc1cccc(F)c1)NCCC1CCOC1. The standard InChI is InChI=1S/C15H22FNO/c1-12(9-14-3-2-4-15(16)10-14)17-7-5-13-6-8-18-11-13/h2-4,10,12-13,17H,5-9,11H2,1H3. The number of hydrogen-bond donors (Lipinski definition) is 1. The van der Waals surface area contributed by atoms with E-state index in [2.05, 4.69) is 12.2 Å². The number of nitrogens with one attached hydrogen (secondary N) is 1. The third-order valence-corrected chi connectivity index (χ3v) is 3.50. The zero-order chi connectivity index (χ0) is 12.8. The van der Waals surface area contributed by atoms with Crippen LogP contribution in [0.2, 0.25) is 0 Å². The van der Waals surface area contributed by atoms with Crippen LogP contribution in [0, 0.1) is 11.7 Å². The van der Waals surface area contributed by atoms with Crippen molar-refractivity contribution in [3.63, 3.8) is 0 Å². The van der Waals surface area contributed by atoms with Gasteiger partial charge >= 0.3 is 0 Å². The molecular weight excluding hydrogens is 229 g/mol. The van der Waals surface area contributed by atoms with Crippen molar-refractivity contribution < 1.29 is 9.13 Å². The normalized spacial score (nSPS) is 21.1. The molecule has 1 heterocycles. The van der Waals surface area contributed by atoms with Gasteiger partial charge in [0, 0.05) is 19.3 Å². The monoisotopic (exact) mass is 251 g/mol. The van der Waals surface area contributed by atoms with Crippen LogP contribution in [-0.4, -0.2) is 25.8 Å². The van der Waals surface area contributed by atoms with Crippen LogP contribution in [0.4, 0.5) is 4.39 Å². The molecule has 2 nitrogen and oxygen atoms in total. The Bertz CT molecular complexity index is 363. The Labute approximate surface area is 109 Å². The van der Waals surface area contributed by atoms with Gasteiger partial charge in [-0.15, -0.1) is 0 Å². The van der Waals surface area contributed by atoms with E-state index in [1.54, 1.807) is 12.1 Å². The molecule has 0 bridgehead atoms. The van der Waals surface area contributed by atoms with Crippen molar-refractivity contribution in [1.29, 1.82) is 0 Å². The summed E-state index contributed by atoms with van der Waals surface area (Å²) in [5, 5.41) is 3.50. The predicted molar refractivity (Wildman–Crippen MR) is 71.1 cm³/mol. The molecule has 1 aromatic carbocycles. The Balaban J connectivity index is 1.66. The van der Waals surface area contributed by atoms with Crippen LogP contribution in [0.25, 0.3) is 0 Å². The molecular formula is C15H22FNO. The van der Waals surface area contributed by atoms with Gasteiger partial charge in [-0.1, -0.05) is 12.1 Å². The summed E-state index contributed by atoms with van der Waals surface area (Å²) in [6.45, 7) is 5.00. The Kier molecular flexibility index (Phi) is 5.14. The van der Waals surface area contributed by atoms with E-state index in [4.69, 9.17) is 4.74 Å². The number of benzene rings is 1. The highest BCUT2D eigenvalue weighted by molar-refractivity contribution is 5.17. The lowest BCUT2D eigenvalue weighted by Crippen LogP contribution is -2.30. The summed E-state index contributed by atoms with van der Waals surface area (Å²) in [5.74, 6) is 0.571. The van der Waals surface area contributed by atoms with Gasteiger partial charge < -0.3 is 10.1 Å². The molecule has 0 aromatic heterocycles. The van der Waals surface area contributed by atoms with Crippen LogP contribution in [0.1, 0.15) is 25.3 Å². The molecule has 100 valence electrons. The second kappa shape index (κ2) is 6.86. The second-order valence-corrected chi connectivity index (χ2v) is 5.21. The summed E-state index contributed by atoms with van der Waals surface area (Å²) in [5.41, 5.74) is 1.05. The topological polar surface area (TPSA) is 21.3 Å². The van der Waals surface area contributed by atoms with Gasteiger partial charge in [-0.25, -0.2) is 4.39 Å². The largest absolute Gasteiger partial charge is 0.381 e. The lowest BCUT2D eigenvalue weighted by Gasteiger charge is -2.15. The summed E-state index contributed by atoms with van der Waals surface area (Å²) in [4.78, 5) is 0. The predicted octanol–water partition coefficient (Wildman–Crippen LogP) is 2.77. The minimum Gasteiger partial charge on any atom is -0.381 e. The van der Waals surface area contributed by atoms with E-state index in [-0.39, 0.29) is 5.82 Å². The van der Waals surface area contributed by atoms with Gasteiger partial charge in [0.2, 0.25) is 0 Å². The first kappa shape index (κ1) is 13.5. The molecule has 0 spiro atoms. The van der Waals surface area contributed by atoms with Crippen molar-refractivity contribution in [3.8, 4) is 0 Å². The smallest absolute Gasteiger partial charge is 0.123 e. The molecule has 1 fully saturated rings. The summed E-state index contributed by atoms with van der Waals surface area (Å²) in [6, 6.07) is 7.23. The number of rotatable bonds is 6. The quantitative estimate of drug-likeness (QED) is 0.839. The van der Waals surface area contributed by atoms with E-state index in [1.807, 2.05) is 6.07 Å². The zero-order valence-electron chi connectivity index (χ0n) is 11.0. The van der Waals surface area contributed by atoms with Gasteiger partial charge in [-0.2, -0.15) is 0 Å². The first-order valence-electron chi connectivity index (χ1n) is 6.79. The molecule has 1 aliphatic heterocycles. The lowest BCUT2D eigenvalue weighted by molar-refractivity contribution is 0.184. The maximum Gasteiger partial charge on any atom is 0.123 e.